The van der Waals surface area contributed by atoms with Crippen LogP contribution in [0.25, 0.3) is 0 Å². The number of rotatable bonds is 5. The van der Waals surface area contributed by atoms with Crippen LogP contribution in [-0.4, -0.2) is 60.1 Å². The van der Waals surface area contributed by atoms with Crippen LogP contribution in [-0.2, 0) is 19.5 Å². The number of nitrogens with zero attached hydrogens (tertiary/aromatic N) is 3. The van der Waals surface area contributed by atoms with Crippen molar-refractivity contribution in [3.8, 4) is 11.5 Å². The van der Waals surface area contributed by atoms with Crippen LogP contribution >= 0.6 is 0 Å². The van der Waals surface area contributed by atoms with Crippen LogP contribution < -0.4 is 9.47 Å². The summed E-state index contributed by atoms with van der Waals surface area (Å²) in [6.45, 7) is 10.2. The standard InChI is InChI=1S/C27H35N3O4/c1-6-30-26(31)29-15-20-13-21(32-4)14-23(33-5)22(20)7-8-25(29)27(30)9-11-28(12-10-27)16-24-19(3)18(2)17-34-24/h8,13-14,17H,6-7,9-12,15-16H2,1-5H3. The van der Waals surface area contributed by atoms with Gasteiger partial charge in [-0.25, -0.2) is 4.79 Å². The van der Waals surface area contributed by atoms with Crippen LogP contribution in [0, 0.1) is 13.8 Å². The van der Waals surface area contributed by atoms with E-state index < -0.39 is 0 Å². The van der Waals surface area contributed by atoms with Crippen molar-refractivity contribution in [1.29, 1.82) is 0 Å². The zero-order chi connectivity index (χ0) is 24.0. The number of methoxy groups -OCH3 is 2. The third-order valence-electron chi connectivity index (χ3n) is 8.06. The molecule has 0 unspecified atom stereocenters. The summed E-state index contributed by atoms with van der Waals surface area (Å²) < 4.78 is 17.0. The van der Waals surface area contributed by atoms with Crippen LogP contribution in [0.1, 0.15) is 47.8 Å². The maximum atomic E-state index is 13.7. The number of aryl methyl sites for hydroxylation is 1. The van der Waals surface area contributed by atoms with Crippen LogP contribution in [0.4, 0.5) is 4.79 Å². The van der Waals surface area contributed by atoms with E-state index in [2.05, 4.69) is 36.6 Å². The Balaban J connectivity index is 1.43. The molecule has 0 atom stereocenters. The van der Waals surface area contributed by atoms with E-state index in [0.29, 0.717) is 13.1 Å². The molecular formula is C27H35N3O4. The van der Waals surface area contributed by atoms with Gasteiger partial charge in [-0.1, -0.05) is 6.08 Å². The fraction of sp³-hybridized carbons (Fsp3) is 0.519. The first-order valence-corrected chi connectivity index (χ1v) is 12.2. The van der Waals surface area contributed by atoms with Gasteiger partial charge in [-0.05, 0) is 62.8 Å². The Morgan fingerprint density at radius 3 is 2.50 bits per heavy atom. The summed E-state index contributed by atoms with van der Waals surface area (Å²) in [6, 6.07) is 4.08. The number of amides is 2. The normalized spacial score (nSPS) is 19.7. The lowest BCUT2D eigenvalue weighted by Gasteiger charge is -2.44. The first-order chi connectivity index (χ1) is 16.4. The van der Waals surface area contributed by atoms with E-state index in [1.165, 1.54) is 11.1 Å². The third-order valence-corrected chi connectivity index (χ3v) is 8.06. The predicted octanol–water partition coefficient (Wildman–Crippen LogP) is 4.65. The summed E-state index contributed by atoms with van der Waals surface area (Å²) >= 11 is 0. The molecule has 1 aromatic heterocycles. The number of fused-ring (bicyclic) bond motifs is 3. The van der Waals surface area contributed by atoms with Gasteiger partial charge in [-0.3, -0.25) is 9.80 Å². The van der Waals surface area contributed by atoms with Crippen molar-refractivity contribution < 1.29 is 18.7 Å². The lowest BCUT2D eigenvalue weighted by atomic mass is 9.83. The van der Waals surface area contributed by atoms with Crippen molar-refractivity contribution in [3.63, 3.8) is 0 Å². The second-order valence-corrected chi connectivity index (χ2v) is 9.65. The number of benzene rings is 1. The van der Waals surface area contributed by atoms with Crippen LogP contribution in [0.15, 0.2) is 34.6 Å². The highest BCUT2D eigenvalue weighted by molar-refractivity contribution is 5.83. The maximum Gasteiger partial charge on any atom is 0.325 e. The molecule has 2 aromatic rings. The molecule has 0 radical (unpaired) electrons. The third kappa shape index (κ3) is 3.49. The highest BCUT2D eigenvalue weighted by atomic mass is 16.5. The fourth-order valence-corrected chi connectivity index (χ4v) is 5.95. The quantitative estimate of drug-likeness (QED) is 0.644. The summed E-state index contributed by atoms with van der Waals surface area (Å²) in [7, 11) is 3.35. The van der Waals surface area contributed by atoms with Gasteiger partial charge in [0.15, 0.2) is 0 Å². The smallest absolute Gasteiger partial charge is 0.325 e. The highest BCUT2D eigenvalue weighted by Crippen LogP contribution is 2.47. The minimum atomic E-state index is -0.254. The summed E-state index contributed by atoms with van der Waals surface area (Å²) in [5.41, 5.74) is 5.57. The average molecular weight is 466 g/mol. The topological polar surface area (TPSA) is 58.4 Å². The molecule has 4 heterocycles. The van der Waals surface area contributed by atoms with Crippen LogP contribution in [0.5, 0.6) is 11.5 Å². The number of hydrogen-bond donors (Lipinski definition) is 0. The second-order valence-electron chi connectivity index (χ2n) is 9.65. The van der Waals surface area contributed by atoms with Gasteiger partial charge in [-0.15, -0.1) is 0 Å². The van der Waals surface area contributed by atoms with Gasteiger partial charge < -0.3 is 18.8 Å². The molecule has 0 N–H and O–H groups in total. The zero-order valence-electron chi connectivity index (χ0n) is 20.9. The number of carbonyl (C=O) groups excluding carboxylic acids is 1. The first kappa shape index (κ1) is 22.8. The Bertz CT molecular complexity index is 1130. The Morgan fingerprint density at radius 2 is 1.88 bits per heavy atom. The zero-order valence-corrected chi connectivity index (χ0v) is 20.9. The maximum absolute atomic E-state index is 13.7. The van der Waals surface area contributed by atoms with Gasteiger partial charge in [0.05, 0.1) is 39.1 Å². The Labute approximate surface area is 201 Å². The number of furan rings is 1. The Hall–Kier alpha value is -2.93. The van der Waals surface area contributed by atoms with Crippen molar-refractivity contribution in [1.82, 2.24) is 14.7 Å². The molecule has 0 aliphatic carbocycles. The molecule has 7 nitrogen and oxygen atoms in total. The van der Waals surface area contributed by atoms with Gasteiger partial charge in [0.1, 0.15) is 17.3 Å². The van der Waals surface area contributed by atoms with E-state index in [4.69, 9.17) is 13.9 Å². The lowest BCUT2D eigenvalue weighted by Crippen LogP contribution is -2.53. The van der Waals surface area contributed by atoms with E-state index >= 15 is 0 Å². The number of urea groups is 1. The molecule has 0 bridgehead atoms. The molecule has 2 saturated heterocycles. The molecule has 182 valence electrons. The van der Waals surface area contributed by atoms with E-state index in [1.54, 1.807) is 14.2 Å². The fourth-order valence-electron chi connectivity index (χ4n) is 5.95. The molecule has 0 saturated carbocycles. The lowest BCUT2D eigenvalue weighted by molar-refractivity contribution is 0.0852. The van der Waals surface area contributed by atoms with Gasteiger partial charge >= 0.3 is 6.03 Å². The van der Waals surface area contributed by atoms with Gasteiger partial charge in [0, 0.05) is 37.0 Å². The second kappa shape index (κ2) is 8.69. The van der Waals surface area contributed by atoms with Gasteiger partial charge in [0.2, 0.25) is 0 Å². The summed E-state index contributed by atoms with van der Waals surface area (Å²) in [6.07, 6.45) is 6.70. The molecule has 7 heteroatoms. The summed E-state index contributed by atoms with van der Waals surface area (Å²) in [5.74, 6) is 2.62. The number of hydrogen-bond acceptors (Lipinski definition) is 5. The van der Waals surface area contributed by atoms with E-state index in [9.17, 15) is 4.79 Å². The van der Waals surface area contributed by atoms with Gasteiger partial charge in [-0.2, -0.15) is 0 Å². The number of likely N-dealkylation sites (tertiary alicyclic amines) is 1. The average Bonchev–Trinajstić information content (AvgIpc) is 3.16. The molecule has 34 heavy (non-hydrogen) atoms. The van der Waals surface area contributed by atoms with Crippen LogP contribution in [0.2, 0.25) is 0 Å². The number of likely N-dealkylation sites (N-methyl/N-ethyl adjacent to an activating group) is 1. The molecule has 3 aliphatic heterocycles. The van der Waals surface area contributed by atoms with Crippen molar-refractivity contribution in [2.75, 3.05) is 33.9 Å². The van der Waals surface area contributed by atoms with E-state index in [-0.39, 0.29) is 11.6 Å². The molecule has 1 spiro atoms. The van der Waals surface area contributed by atoms with E-state index in [0.717, 1.165) is 73.0 Å². The molecule has 2 amide bonds. The Kier molecular flexibility index (Phi) is 5.84. The molecular weight excluding hydrogens is 430 g/mol. The largest absolute Gasteiger partial charge is 0.497 e. The van der Waals surface area contributed by atoms with Gasteiger partial charge in [0.25, 0.3) is 0 Å². The number of piperidine rings is 1. The molecule has 3 aliphatic rings. The molecule has 5 rings (SSSR count). The summed E-state index contributed by atoms with van der Waals surface area (Å²) in [5, 5.41) is 0. The van der Waals surface area contributed by atoms with E-state index in [1.807, 2.05) is 23.3 Å². The van der Waals surface area contributed by atoms with Crippen molar-refractivity contribution in [2.45, 2.75) is 58.7 Å². The van der Waals surface area contributed by atoms with Crippen molar-refractivity contribution in [3.05, 3.63) is 58.2 Å². The van der Waals surface area contributed by atoms with Crippen molar-refractivity contribution >= 4 is 6.03 Å². The number of ether oxygens (including phenoxy) is 2. The van der Waals surface area contributed by atoms with Crippen LogP contribution in [0.3, 0.4) is 0 Å². The summed E-state index contributed by atoms with van der Waals surface area (Å²) in [4.78, 5) is 20.2. The Morgan fingerprint density at radius 1 is 1.12 bits per heavy atom. The monoisotopic (exact) mass is 465 g/mol. The minimum absolute atomic E-state index is 0.106. The predicted molar refractivity (Wildman–Crippen MR) is 130 cm³/mol. The minimum Gasteiger partial charge on any atom is -0.497 e. The van der Waals surface area contributed by atoms with Crippen molar-refractivity contribution in [2.24, 2.45) is 0 Å². The number of carbonyl (C=O) groups is 1. The first-order valence-electron chi connectivity index (χ1n) is 12.2. The SMILES string of the molecule is CCN1C(=O)N2Cc3cc(OC)cc(OC)c3CC=C2C12CCN(Cc1occ(C)c1C)CC2. The molecule has 1 aromatic carbocycles. The molecule has 2 fully saturated rings. The highest BCUT2D eigenvalue weighted by Gasteiger charge is 2.54. The number of allylic oxidation sites excluding steroid dienone is 1.